The Bertz CT molecular complexity index is 565. The van der Waals surface area contributed by atoms with E-state index in [0.29, 0.717) is 10.6 Å². The van der Waals surface area contributed by atoms with E-state index >= 15 is 0 Å². The molecule has 0 saturated carbocycles. The second-order valence-electron chi connectivity index (χ2n) is 4.26. The van der Waals surface area contributed by atoms with Crippen molar-refractivity contribution in [2.75, 3.05) is 7.05 Å². The Hall–Kier alpha value is -1.32. The first-order valence-corrected chi connectivity index (χ1v) is 6.10. The van der Waals surface area contributed by atoms with Gasteiger partial charge in [-0.05, 0) is 45.2 Å². The molecule has 0 radical (unpaired) electrons. The number of benzene rings is 1. The highest BCUT2D eigenvalue weighted by Crippen LogP contribution is 2.30. The third kappa shape index (κ3) is 2.42. The highest BCUT2D eigenvalue weighted by Gasteiger charge is 2.20. The SMILES string of the molecule is CNC(c1cc(Cl)ccc1F)c1cc(C)oc1C. The van der Waals surface area contributed by atoms with Crippen LogP contribution in [-0.2, 0) is 0 Å². The molecule has 4 heteroatoms. The molecule has 0 bridgehead atoms. The van der Waals surface area contributed by atoms with E-state index in [1.54, 1.807) is 19.2 Å². The maximum absolute atomic E-state index is 13.9. The van der Waals surface area contributed by atoms with Crippen LogP contribution in [0, 0.1) is 19.7 Å². The van der Waals surface area contributed by atoms with Crippen LogP contribution in [0.15, 0.2) is 28.7 Å². The Morgan fingerprint density at radius 1 is 1.22 bits per heavy atom. The normalized spacial score (nSPS) is 12.7. The van der Waals surface area contributed by atoms with Gasteiger partial charge in [-0.15, -0.1) is 0 Å². The van der Waals surface area contributed by atoms with Gasteiger partial charge in [0.15, 0.2) is 0 Å². The highest BCUT2D eigenvalue weighted by atomic mass is 35.5. The number of halogens is 2. The summed E-state index contributed by atoms with van der Waals surface area (Å²) in [5, 5.41) is 3.62. The molecule has 18 heavy (non-hydrogen) atoms. The first kappa shape index (κ1) is 13.1. The number of aryl methyl sites for hydroxylation is 2. The fourth-order valence-corrected chi connectivity index (χ4v) is 2.33. The molecule has 2 aromatic rings. The quantitative estimate of drug-likeness (QED) is 0.909. The summed E-state index contributed by atoms with van der Waals surface area (Å²) in [4.78, 5) is 0. The predicted octanol–water partition coefficient (Wildman–Crippen LogP) is 4.00. The van der Waals surface area contributed by atoms with Crippen molar-refractivity contribution < 1.29 is 8.81 Å². The molecule has 1 unspecified atom stereocenters. The van der Waals surface area contributed by atoms with Gasteiger partial charge in [-0.3, -0.25) is 0 Å². The van der Waals surface area contributed by atoms with Crippen LogP contribution in [0.4, 0.5) is 4.39 Å². The summed E-state index contributed by atoms with van der Waals surface area (Å²) in [5.41, 5.74) is 1.45. The van der Waals surface area contributed by atoms with Crippen molar-refractivity contribution in [3.63, 3.8) is 0 Å². The fraction of sp³-hybridized carbons (Fsp3) is 0.286. The van der Waals surface area contributed by atoms with Gasteiger partial charge in [0.25, 0.3) is 0 Å². The molecule has 1 N–H and O–H groups in total. The van der Waals surface area contributed by atoms with Crippen LogP contribution >= 0.6 is 11.6 Å². The van der Waals surface area contributed by atoms with E-state index in [2.05, 4.69) is 5.32 Å². The standard InChI is InChI=1S/C14H15ClFNO/c1-8-6-11(9(2)18-8)14(17-3)12-7-10(15)4-5-13(12)16/h4-7,14,17H,1-3H3. The zero-order valence-corrected chi connectivity index (χ0v) is 11.3. The number of hydrogen-bond acceptors (Lipinski definition) is 2. The Morgan fingerprint density at radius 2 is 1.94 bits per heavy atom. The van der Waals surface area contributed by atoms with Crippen LogP contribution in [0.25, 0.3) is 0 Å². The number of nitrogens with one attached hydrogen (secondary N) is 1. The molecular weight excluding hydrogens is 253 g/mol. The maximum Gasteiger partial charge on any atom is 0.128 e. The van der Waals surface area contributed by atoms with Gasteiger partial charge in [0, 0.05) is 16.1 Å². The summed E-state index contributed by atoms with van der Waals surface area (Å²) < 4.78 is 19.4. The maximum atomic E-state index is 13.9. The third-order valence-corrected chi connectivity index (χ3v) is 3.18. The molecule has 1 atom stereocenters. The minimum absolute atomic E-state index is 0.263. The van der Waals surface area contributed by atoms with Gasteiger partial charge in [-0.2, -0.15) is 0 Å². The van der Waals surface area contributed by atoms with Crippen molar-refractivity contribution in [1.29, 1.82) is 0 Å². The molecular formula is C14H15ClFNO. The Morgan fingerprint density at radius 3 is 2.50 bits per heavy atom. The van der Waals surface area contributed by atoms with Crippen molar-refractivity contribution >= 4 is 11.6 Å². The minimum atomic E-state index is -0.281. The van der Waals surface area contributed by atoms with Gasteiger partial charge in [0.2, 0.25) is 0 Å². The van der Waals surface area contributed by atoms with Crippen molar-refractivity contribution in [1.82, 2.24) is 5.32 Å². The lowest BCUT2D eigenvalue weighted by atomic mass is 9.98. The summed E-state index contributed by atoms with van der Waals surface area (Å²) in [6, 6.07) is 6.21. The van der Waals surface area contributed by atoms with E-state index in [1.165, 1.54) is 6.07 Å². The lowest BCUT2D eigenvalue weighted by Gasteiger charge is -2.17. The van der Waals surface area contributed by atoms with E-state index in [1.807, 2.05) is 19.9 Å². The van der Waals surface area contributed by atoms with Crippen molar-refractivity contribution in [3.05, 3.63) is 57.8 Å². The molecule has 2 nitrogen and oxygen atoms in total. The van der Waals surface area contributed by atoms with Gasteiger partial charge in [-0.25, -0.2) is 4.39 Å². The summed E-state index contributed by atoms with van der Waals surface area (Å²) >= 11 is 5.93. The summed E-state index contributed by atoms with van der Waals surface area (Å²) in [7, 11) is 1.78. The predicted molar refractivity (Wildman–Crippen MR) is 70.5 cm³/mol. The van der Waals surface area contributed by atoms with Crippen molar-refractivity contribution in [2.45, 2.75) is 19.9 Å². The first-order valence-electron chi connectivity index (χ1n) is 5.72. The van der Waals surface area contributed by atoms with Gasteiger partial charge >= 0.3 is 0 Å². The van der Waals surface area contributed by atoms with Crippen molar-refractivity contribution in [2.24, 2.45) is 0 Å². The molecule has 0 aliphatic heterocycles. The van der Waals surface area contributed by atoms with Crippen molar-refractivity contribution in [3.8, 4) is 0 Å². The smallest absolute Gasteiger partial charge is 0.128 e. The molecule has 0 aliphatic carbocycles. The molecule has 1 aromatic carbocycles. The average molecular weight is 268 g/mol. The number of rotatable bonds is 3. The topological polar surface area (TPSA) is 25.2 Å². The van der Waals surface area contributed by atoms with Crippen LogP contribution in [0.5, 0.6) is 0 Å². The van der Waals surface area contributed by atoms with E-state index in [4.69, 9.17) is 16.0 Å². The van der Waals surface area contributed by atoms with Crippen LogP contribution < -0.4 is 5.32 Å². The van der Waals surface area contributed by atoms with Gasteiger partial charge in [-0.1, -0.05) is 11.6 Å². The van der Waals surface area contributed by atoms with Crippen LogP contribution in [0.3, 0.4) is 0 Å². The second-order valence-corrected chi connectivity index (χ2v) is 4.69. The fourth-order valence-electron chi connectivity index (χ4n) is 2.15. The lowest BCUT2D eigenvalue weighted by Crippen LogP contribution is -2.19. The third-order valence-electron chi connectivity index (χ3n) is 2.95. The van der Waals surface area contributed by atoms with E-state index < -0.39 is 0 Å². The number of hydrogen-bond donors (Lipinski definition) is 1. The average Bonchev–Trinajstić information content (AvgIpc) is 2.64. The highest BCUT2D eigenvalue weighted by molar-refractivity contribution is 6.30. The largest absolute Gasteiger partial charge is 0.466 e. The molecule has 0 saturated heterocycles. The zero-order valence-electron chi connectivity index (χ0n) is 10.6. The second kappa shape index (κ2) is 5.12. The molecule has 1 heterocycles. The zero-order chi connectivity index (χ0) is 13.3. The molecule has 0 aliphatic rings. The van der Waals surface area contributed by atoms with E-state index in [9.17, 15) is 4.39 Å². The molecule has 0 spiro atoms. The Labute approximate surface area is 111 Å². The Kier molecular flexibility index (Phi) is 3.73. The lowest BCUT2D eigenvalue weighted by molar-refractivity contribution is 0.495. The van der Waals surface area contributed by atoms with Crippen LogP contribution in [0.1, 0.15) is 28.7 Å². The van der Waals surface area contributed by atoms with Gasteiger partial charge < -0.3 is 9.73 Å². The van der Waals surface area contributed by atoms with Gasteiger partial charge in [0.1, 0.15) is 17.3 Å². The van der Waals surface area contributed by atoms with E-state index in [-0.39, 0.29) is 11.9 Å². The monoisotopic (exact) mass is 267 g/mol. The summed E-state index contributed by atoms with van der Waals surface area (Å²) in [5.74, 6) is 1.31. The molecule has 0 fully saturated rings. The molecule has 1 aromatic heterocycles. The first-order chi connectivity index (χ1) is 8.52. The Balaban J connectivity index is 2.51. The summed E-state index contributed by atoms with van der Waals surface area (Å²) in [6.07, 6.45) is 0. The van der Waals surface area contributed by atoms with Crippen LogP contribution in [0.2, 0.25) is 5.02 Å². The van der Waals surface area contributed by atoms with Gasteiger partial charge in [0.05, 0.1) is 6.04 Å². The number of furan rings is 1. The minimum Gasteiger partial charge on any atom is -0.466 e. The molecule has 0 amide bonds. The molecule has 2 rings (SSSR count). The van der Waals surface area contributed by atoms with E-state index in [0.717, 1.165) is 17.1 Å². The summed E-state index contributed by atoms with van der Waals surface area (Å²) in [6.45, 7) is 3.74. The van der Waals surface area contributed by atoms with Crippen LogP contribution in [-0.4, -0.2) is 7.05 Å². The molecule has 96 valence electrons.